The molecule has 2 rings (SSSR count). The summed E-state index contributed by atoms with van der Waals surface area (Å²) >= 11 is 0. The molecular formula is C14H13NO2. The van der Waals surface area contributed by atoms with Crippen LogP contribution < -0.4 is 10.5 Å². The maximum Gasteiger partial charge on any atom is 0.152 e. The van der Waals surface area contributed by atoms with E-state index >= 15 is 0 Å². The second-order valence-corrected chi connectivity index (χ2v) is 3.67. The van der Waals surface area contributed by atoms with Crippen molar-refractivity contribution >= 4 is 12.0 Å². The van der Waals surface area contributed by atoms with E-state index in [4.69, 9.17) is 10.5 Å². The van der Waals surface area contributed by atoms with E-state index < -0.39 is 0 Å². The number of rotatable bonds is 3. The summed E-state index contributed by atoms with van der Waals surface area (Å²) in [6.45, 7) is 0. The molecule has 0 saturated carbocycles. The van der Waals surface area contributed by atoms with E-state index in [0.29, 0.717) is 17.0 Å². The van der Waals surface area contributed by atoms with Crippen LogP contribution in [-0.2, 0) is 0 Å². The zero-order chi connectivity index (χ0) is 12.3. The van der Waals surface area contributed by atoms with Gasteiger partial charge >= 0.3 is 0 Å². The molecule has 0 aromatic heterocycles. The van der Waals surface area contributed by atoms with E-state index in [-0.39, 0.29) is 0 Å². The first-order valence-electron chi connectivity index (χ1n) is 5.24. The molecule has 3 nitrogen and oxygen atoms in total. The van der Waals surface area contributed by atoms with Crippen LogP contribution in [0, 0.1) is 0 Å². The summed E-state index contributed by atoms with van der Waals surface area (Å²) in [5, 5.41) is 0. The third kappa shape index (κ3) is 2.13. The average Bonchev–Trinajstić information content (AvgIpc) is 2.39. The van der Waals surface area contributed by atoms with Crippen molar-refractivity contribution in [3.8, 4) is 16.9 Å². The molecule has 0 aliphatic carbocycles. The lowest BCUT2D eigenvalue weighted by atomic mass is 10.0. The first-order valence-corrected chi connectivity index (χ1v) is 5.24. The molecule has 3 heteroatoms. The monoisotopic (exact) mass is 227 g/mol. The number of carbonyl (C=O) groups excluding carboxylic acids is 1. The van der Waals surface area contributed by atoms with Crippen LogP contribution in [0.4, 0.5) is 5.69 Å². The van der Waals surface area contributed by atoms with Crippen molar-refractivity contribution in [1.82, 2.24) is 0 Å². The number of ether oxygens (including phenoxy) is 1. The maximum absolute atomic E-state index is 10.8. The quantitative estimate of drug-likeness (QED) is 0.648. The van der Waals surface area contributed by atoms with Gasteiger partial charge in [-0.2, -0.15) is 0 Å². The van der Waals surface area contributed by atoms with Gasteiger partial charge in [-0.15, -0.1) is 0 Å². The molecule has 0 radical (unpaired) electrons. The smallest absolute Gasteiger partial charge is 0.152 e. The van der Waals surface area contributed by atoms with Crippen molar-refractivity contribution in [3.63, 3.8) is 0 Å². The van der Waals surface area contributed by atoms with Gasteiger partial charge in [0.05, 0.1) is 7.11 Å². The molecule has 0 unspecified atom stereocenters. The maximum atomic E-state index is 10.8. The fourth-order valence-corrected chi connectivity index (χ4v) is 1.73. The second kappa shape index (κ2) is 4.70. The van der Waals surface area contributed by atoms with Gasteiger partial charge in [-0.3, -0.25) is 4.79 Å². The molecule has 0 aliphatic heterocycles. The highest BCUT2D eigenvalue weighted by atomic mass is 16.5. The first kappa shape index (κ1) is 11.2. The highest BCUT2D eigenvalue weighted by molar-refractivity contribution is 5.88. The van der Waals surface area contributed by atoms with E-state index in [2.05, 4.69) is 0 Å². The number of anilines is 1. The van der Waals surface area contributed by atoms with Crippen molar-refractivity contribution in [2.75, 3.05) is 12.8 Å². The Hall–Kier alpha value is -2.29. The van der Waals surface area contributed by atoms with E-state index in [1.165, 1.54) is 0 Å². The summed E-state index contributed by atoms with van der Waals surface area (Å²) < 4.78 is 5.28. The Morgan fingerprint density at radius 2 is 1.88 bits per heavy atom. The summed E-state index contributed by atoms with van der Waals surface area (Å²) in [5.41, 5.74) is 8.60. The Morgan fingerprint density at radius 1 is 1.18 bits per heavy atom. The van der Waals surface area contributed by atoms with Gasteiger partial charge in [0, 0.05) is 16.8 Å². The van der Waals surface area contributed by atoms with Crippen LogP contribution in [0.25, 0.3) is 11.1 Å². The fraction of sp³-hybridized carbons (Fsp3) is 0.0714. The normalized spacial score (nSPS) is 9.94. The number of aldehydes is 1. The van der Waals surface area contributed by atoms with Gasteiger partial charge in [-0.05, 0) is 17.7 Å². The Bertz CT molecular complexity index is 535. The molecule has 17 heavy (non-hydrogen) atoms. The van der Waals surface area contributed by atoms with Crippen LogP contribution in [0.1, 0.15) is 10.4 Å². The van der Waals surface area contributed by atoms with E-state index in [1.54, 1.807) is 19.2 Å². The minimum atomic E-state index is 0.446. The van der Waals surface area contributed by atoms with Gasteiger partial charge in [0.15, 0.2) is 6.29 Å². The van der Waals surface area contributed by atoms with Crippen LogP contribution in [0.5, 0.6) is 5.75 Å². The minimum Gasteiger partial charge on any atom is -0.496 e. The van der Waals surface area contributed by atoms with Crippen molar-refractivity contribution in [2.45, 2.75) is 0 Å². The van der Waals surface area contributed by atoms with Gasteiger partial charge in [0.25, 0.3) is 0 Å². The molecule has 2 aromatic rings. The molecular weight excluding hydrogens is 214 g/mol. The standard InChI is InChI=1S/C14H13NO2/c1-17-14-7-11(9-16)13(15)8-12(14)10-5-3-2-4-6-10/h2-9H,15H2,1H3. The molecule has 0 aliphatic rings. The summed E-state index contributed by atoms with van der Waals surface area (Å²) in [6, 6.07) is 13.2. The van der Waals surface area contributed by atoms with Crippen molar-refractivity contribution in [1.29, 1.82) is 0 Å². The molecule has 0 atom stereocenters. The lowest BCUT2D eigenvalue weighted by Crippen LogP contribution is -1.96. The molecule has 2 N–H and O–H groups in total. The Labute approximate surface area is 99.8 Å². The van der Waals surface area contributed by atoms with Gasteiger partial charge in [-0.25, -0.2) is 0 Å². The highest BCUT2D eigenvalue weighted by Crippen LogP contribution is 2.33. The Kier molecular flexibility index (Phi) is 3.10. The van der Waals surface area contributed by atoms with Crippen molar-refractivity contribution in [3.05, 3.63) is 48.0 Å². The number of nitrogens with two attached hydrogens (primary N) is 1. The number of benzene rings is 2. The summed E-state index contributed by atoms with van der Waals surface area (Å²) in [7, 11) is 1.58. The molecule has 86 valence electrons. The molecule has 0 amide bonds. The van der Waals surface area contributed by atoms with Crippen LogP contribution in [-0.4, -0.2) is 13.4 Å². The fourth-order valence-electron chi connectivity index (χ4n) is 1.73. The molecule has 0 saturated heterocycles. The SMILES string of the molecule is COc1cc(C=O)c(N)cc1-c1ccccc1. The number of nitrogen functional groups attached to an aromatic ring is 1. The predicted molar refractivity (Wildman–Crippen MR) is 68.2 cm³/mol. The summed E-state index contributed by atoms with van der Waals surface area (Å²) in [5.74, 6) is 0.646. The zero-order valence-corrected chi connectivity index (χ0v) is 9.51. The molecule has 0 bridgehead atoms. The Balaban J connectivity index is 2.61. The van der Waals surface area contributed by atoms with Crippen LogP contribution in [0.3, 0.4) is 0 Å². The Morgan fingerprint density at radius 3 is 2.47 bits per heavy atom. The minimum absolute atomic E-state index is 0.446. The van der Waals surface area contributed by atoms with Gasteiger partial charge in [0.1, 0.15) is 5.75 Å². The number of hydrogen-bond acceptors (Lipinski definition) is 3. The summed E-state index contributed by atoms with van der Waals surface area (Å²) in [4.78, 5) is 10.8. The summed E-state index contributed by atoms with van der Waals surface area (Å²) in [6.07, 6.45) is 0.729. The molecule has 0 spiro atoms. The lowest BCUT2D eigenvalue weighted by molar-refractivity contribution is 0.112. The third-order valence-corrected chi connectivity index (χ3v) is 2.62. The molecule has 2 aromatic carbocycles. The highest BCUT2D eigenvalue weighted by Gasteiger charge is 2.09. The van der Waals surface area contributed by atoms with Crippen LogP contribution in [0.2, 0.25) is 0 Å². The second-order valence-electron chi connectivity index (χ2n) is 3.67. The van der Waals surface area contributed by atoms with Gasteiger partial charge in [-0.1, -0.05) is 30.3 Å². The number of hydrogen-bond donors (Lipinski definition) is 1. The van der Waals surface area contributed by atoms with E-state index in [0.717, 1.165) is 17.4 Å². The van der Waals surface area contributed by atoms with Gasteiger partial charge < -0.3 is 10.5 Å². The number of carbonyl (C=O) groups is 1. The van der Waals surface area contributed by atoms with E-state index in [1.807, 2.05) is 30.3 Å². The average molecular weight is 227 g/mol. The van der Waals surface area contributed by atoms with Crippen molar-refractivity contribution in [2.24, 2.45) is 0 Å². The van der Waals surface area contributed by atoms with Gasteiger partial charge in [0.2, 0.25) is 0 Å². The molecule has 0 fully saturated rings. The van der Waals surface area contributed by atoms with Crippen LogP contribution in [0.15, 0.2) is 42.5 Å². The largest absolute Gasteiger partial charge is 0.496 e. The molecule has 0 heterocycles. The lowest BCUT2D eigenvalue weighted by Gasteiger charge is -2.11. The van der Waals surface area contributed by atoms with Crippen molar-refractivity contribution < 1.29 is 9.53 Å². The zero-order valence-electron chi connectivity index (χ0n) is 9.51. The van der Waals surface area contributed by atoms with Crippen LogP contribution >= 0.6 is 0 Å². The first-order chi connectivity index (χ1) is 8.26. The number of methoxy groups -OCH3 is 1. The topological polar surface area (TPSA) is 52.3 Å². The predicted octanol–water partition coefficient (Wildman–Crippen LogP) is 2.76. The van der Waals surface area contributed by atoms with E-state index in [9.17, 15) is 4.79 Å². The third-order valence-electron chi connectivity index (χ3n) is 2.62.